The summed E-state index contributed by atoms with van der Waals surface area (Å²) in [6.07, 6.45) is 6.28. The molecule has 0 aliphatic carbocycles. The van der Waals surface area contributed by atoms with Crippen molar-refractivity contribution in [1.82, 2.24) is 14.5 Å². The highest BCUT2D eigenvalue weighted by Crippen LogP contribution is 2.38. The average molecular weight is 720 g/mol. The van der Waals surface area contributed by atoms with Crippen LogP contribution in [-0.4, -0.2) is 34.2 Å². The van der Waals surface area contributed by atoms with Gasteiger partial charge < -0.3 is 13.9 Å². The first-order valence-corrected chi connectivity index (χ1v) is 15.9. The number of fused-ring (bicyclic) bond motifs is 1. The summed E-state index contributed by atoms with van der Waals surface area (Å²) >= 11 is 9.56. The van der Waals surface area contributed by atoms with Crippen molar-refractivity contribution in [2.75, 3.05) is 13.7 Å². The van der Waals surface area contributed by atoms with E-state index in [-0.39, 0.29) is 12.2 Å². The monoisotopic (exact) mass is 718 g/mol. The Kier molecular flexibility index (Phi) is 9.27. The van der Waals surface area contributed by atoms with Gasteiger partial charge in [-0.25, -0.2) is 19.8 Å². The molecule has 0 N–H and O–H groups in total. The van der Waals surface area contributed by atoms with Crippen LogP contribution in [0.1, 0.15) is 44.1 Å². The van der Waals surface area contributed by atoms with Gasteiger partial charge in [0.05, 0.1) is 34.0 Å². The van der Waals surface area contributed by atoms with E-state index in [1.807, 2.05) is 19.1 Å². The molecule has 5 rings (SSSR count). The van der Waals surface area contributed by atoms with E-state index in [2.05, 4.69) is 41.8 Å². The molecule has 1 atom stereocenters. The molecular formula is C28H24Br2N4O5S2. The molecule has 0 unspecified atom stereocenters. The Bertz CT molecular complexity index is 1810. The Morgan fingerprint density at radius 2 is 2.00 bits per heavy atom. The number of esters is 1. The summed E-state index contributed by atoms with van der Waals surface area (Å²) in [6, 6.07) is 8.22. The molecule has 4 heterocycles. The van der Waals surface area contributed by atoms with Crippen LogP contribution >= 0.6 is 55.0 Å². The Morgan fingerprint density at radius 3 is 2.71 bits per heavy atom. The number of methoxy groups -OCH3 is 1. The molecule has 212 valence electrons. The third-order valence-corrected chi connectivity index (χ3v) is 9.26. The lowest BCUT2D eigenvalue weighted by Gasteiger charge is -2.27. The highest BCUT2D eigenvalue weighted by Gasteiger charge is 2.36. The van der Waals surface area contributed by atoms with Gasteiger partial charge in [0.25, 0.3) is 5.56 Å². The maximum Gasteiger partial charge on any atom is 0.338 e. The van der Waals surface area contributed by atoms with E-state index >= 15 is 0 Å². The van der Waals surface area contributed by atoms with Gasteiger partial charge in [-0.15, -0.1) is 0 Å². The van der Waals surface area contributed by atoms with Crippen LogP contribution in [0, 0.1) is 0 Å². The van der Waals surface area contributed by atoms with Crippen LogP contribution in [0.2, 0.25) is 0 Å². The molecule has 13 heteroatoms. The van der Waals surface area contributed by atoms with Crippen molar-refractivity contribution >= 4 is 67.0 Å². The van der Waals surface area contributed by atoms with Crippen molar-refractivity contribution in [1.29, 1.82) is 0 Å². The molecule has 0 saturated heterocycles. The molecule has 1 aromatic carbocycles. The maximum atomic E-state index is 14.0. The first kappa shape index (κ1) is 29.5. The minimum atomic E-state index is -0.800. The molecule has 0 amide bonds. The SMILES string of the molecule is CCCC1=C(C(=O)OCC)[C@H](c2cc(Br)ccc2OC)n2c(s/c(=C\c3cc(Br)c(Sc4ncccn4)o3)c2=O)=N1. The second-order valence-electron chi connectivity index (χ2n) is 8.72. The van der Waals surface area contributed by atoms with E-state index < -0.39 is 12.0 Å². The summed E-state index contributed by atoms with van der Waals surface area (Å²) in [5, 5.41) is 1.09. The van der Waals surface area contributed by atoms with E-state index in [0.717, 1.165) is 10.9 Å². The lowest BCUT2D eigenvalue weighted by atomic mass is 9.93. The van der Waals surface area contributed by atoms with Crippen LogP contribution in [0.3, 0.4) is 0 Å². The lowest BCUT2D eigenvalue weighted by Crippen LogP contribution is -2.40. The summed E-state index contributed by atoms with van der Waals surface area (Å²) in [5.74, 6) is 0.489. The largest absolute Gasteiger partial charge is 0.496 e. The Hall–Kier alpha value is -3.00. The summed E-state index contributed by atoms with van der Waals surface area (Å²) in [7, 11) is 1.56. The maximum absolute atomic E-state index is 14.0. The van der Waals surface area contributed by atoms with Gasteiger partial charge in [-0.3, -0.25) is 9.36 Å². The molecular weight excluding hydrogens is 696 g/mol. The number of hydrogen-bond donors (Lipinski definition) is 0. The zero-order valence-corrected chi connectivity index (χ0v) is 27.0. The fourth-order valence-electron chi connectivity index (χ4n) is 4.39. The highest BCUT2D eigenvalue weighted by atomic mass is 79.9. The molecule has 9 nitrogen and oxygen atoms in total. The zero-order chi connectivity index (χ0) is 29.1. The number of halogens is 2. The van der Waals surface area contributed by atoms with Crippen LogP contribution in [0.15, 0.2) is 87.4 Å². The molecule has 0 bridgehead atoms. The van der Waals surface area contributed by atoms with Gasteiger partial charge in [-0.1, -0.05) is 40.6 Å². The molecule has 0 saturated carbocycles. The molecule has 4 aromatic rings. The summed E-state index contributed by atoms with van der Waals surface area (Å²) in [4.78, 5) is 41.2. The quantitative estimate of drug-likeness (QED) is 0.162. The van der Waals surface area contributed by atoms with Crippen LogP contribution in [-0.2, 0) is 9.53 Å². The van der Waals surface area contributed by atoms with Gasteiger partial charge in [0.15, 0.2) is 15.1 Å². The van der Waals surface area contributed by atoms with Crippen LogP contribution < -0.4 is 19.6 Å². The number of rotatable bonds is 9. The molecule has 0 radical (unpaired) electrons. The standard InChI is InChI=1S/C28H24Br2N4O5S2/c1-4-7-19-22(25(36)38-5-2)23(17-12-15(29)8-9-20(17)37-3)34-24(35)21(40-28(34)33-19)14-16-13-18(30)26(39-16)41-27-31-10-6-11-32-27/h6,8-14,23H,4-5,7H2,1-3H3/b21-14-/t23-/m0/s1. The van der Waals surface area contributed by atoms with Gasteiger partial charge in [-0.2, -0.15) is 0 Å². The molecule has 1 aliphatic heterocycles. The van der Waals surface area contributed by atoms with Crippen molar-refractivity contribution in [2.24, 2.45) is 4.99 Å². The van der Waals surface area contributed by atoms with Crippen molar-refractivity contribution < 1.29 is 18.7 Å². The van der Waals surface area contributed by atoms with Crippen molar-refractivity contribution in [2.45, 2.75) is 43.0 Å². The van der Waals surface area contributed by atoms with E-state index in [1.54, 1.807) is 50.7 Å². The number of thiazole rings is 1. The van der Waals surface area contributed by atoms with E-state index in [9.17, 15) is 9.59 Å². The van der Waals surface area contributed by atoms with Crippen LogP contribution in [0.25, 0.3) is 6.08 Å². The normalized spacial score (nSPS) is 15.0. The zero-order valence-electron chi connectivity index (χ0n) is 22.2. The molecule has 3 aromatic heterocycles. The fourth-order valence-corrected chi connectivity index (χ4v) is 7.01. The number of nitrogens with zero attached hydrogens (tertiary/aromatic N) is 4. The highest BCUT2D eigenvalue weighted by molar-refractivity contribution is 9.10. The van der Waals surface area contributed by atoms with Gasteiger partial charge in [0, 0.05) is 28.5 Å². The Labute approximate surface area is 260 Å². The van der Waals surface area contributed by atoms with Crippen LogP contribution in [0.5, 0.6) is 5.75 Å². The molecule has 0 spiro atoms. The van der Waals surface area contributed by atoms with Crippen LogP contribution in [0.4, 0.5) is 0 Å². The summed E-state index contributed by atoms with van der Waals surface area (Å²) in [5.41, 5.74) is 1.24. The number of aromatic nitrogens is 3. The van der Waals surface area contributed by atoms with E-state index in [1.165, 1.54) is 27.7 Å². The van der Waals surface area contributed by atoms with E-state index in [0.29, 0.717) is 58.8 Å². The van der Waals surface area contributed by atoms with Gasteiger partial charge in [0.2, 0.25) is 0 Å². The number of furan rings is 1. The third-order valence-electron chi connectivity index (χ3n) is 6.05. The summed E-state index contributed by atoms with van der Waals surface area (Å²) < 4.78 is 20.6. The number of carbonyl (C=O) groups is 1. The van der Waals surface area contributed by atoms with Crippen molar-refractivity contribution in [3.63, 3.8) is 0 Å². The van der Waals surface area contributed by atoms with Crippen molar-refractivity contribution in [3.8, 4) is 5.75 Å². The Morgan fingerprint density at radius 1 is 1.22 bits per heavy atom. The topological polar surface area (TPSA) is 109 Å². The fraction of sp³-hybridized carbons (Fsp3) is 0.250. The minimum Gasteiger partial charge on any atom is -0.496 e. The molecule has 0 fully saturated rings. The van der Waals surface area contributed by atoms with E-state index in [4.69, 9.17) is 18.9 Å². The van der Waals surface area contributed by atoms with Gasteiger partial charge in [0.1, 0.15) is 17.6 Å². The number of allylic oxidation sites excluding steroid dienone is 1. The number of hydrogen-bond acceptors (Lipinski definition) is 10. The summed E-state index contributed by atoms with van der Waals surface area (Å²) in [6.45, 7) is 3.95. The lowest BCUT2D eigenvalue weighted by molar-refractivity contribution is -0.139. The number of benzene rings is 1. The first-order valence-electron chi connectivity index (χ1n) is 12.6. The smallest absolute Gasteiger partial charge is 0.338 e. The van der Waals surface area contributed by atoms with Gasteiger partial charge >= 0.3 is 5.97 Å². The number of ether oxygens (including phenoxy) is 2. The predicted molar refractivity (Wildman–Crippen MR) is 163 cm³/mol. The van der Waals surface area contributed by atoms with Gasteiger partial charge in [-0.05, 0) is 71.4 Å². The second kappa shape index (κ2) is 12.9. The third kappa shape index (κ3) is 6.13. The average Bonchev–Trinajstić information content (AvgIpc) is 3.46. The first-order chi connectivity index (χ1) is 19.8. The van der Waals surface area contributed by atoms with Crippen molar-refractivity contribution in [3.05, 3.63) is 94.0 Å². The molecule has 1 aliphatic rings. The minimum absolute atomic E-state index is 0.191. The Balaban J connectivity index is 1.69. The number of carbonyl (C=O) groups excluding carboxylic acids is 1. The predicted octanol–water partition coefficient (Wildman–Crippen LogP) is 5.65. The molecule has 41 heavy (non-hydrogen) atoms. The second-order valence-corrected chi connectivity index (χ2v) is 12.4.